The quantitative estimate of drug-likeness (QED) is 0.469. The summed E-state index contributed by atoms with van der Waals surface area (Å²) in [6, 6.07) is 12.7. The first-order chi connectivity index (χ1) is 9.66. The van der Waals surface area contributed by atoms with Crippen LogP contribution in [0.15, 0.2) is 42.5 Å². The molecule has 0 aliphatic heterocycles. The maximum Gasteiger partial charge on any atom is 0.197 e. The highest BCUT2D eigenvalue weighted by Crippen LogP contribution is 2.41. The summed E-state index contributed by atoms with van der Waals surface area (Å²) in [5.74, 6) is -0.0741. The van der Waals surface area contributed by atoms with Gasteiger partial charge >= 0.3 is 0 Å². The summed E-state index contributed by atoms with van der Waals surface area (Å²) in [5, 5.41) is 1.71. The largest absolute Gasteiger partial charge is 0.288 e. The van der Waals surface area contributed by atoms with Crippen LogP contribution in [0.2, 0.25) is 10.0 Å². The monoisotopic (exact) mass is 299 g/mol. The predicted octanol–water partition coefficient (Wildman–Crippen LogP) is 4.75. The van der Waals surface area contributed by atoms with Gasteiger partial charge in [-0.2, -0.15) is 0 Å². The molecule has 0 N–H and O–H groups in total. The van der Waals surface area contributed by atoms with Crippen LogP contribution in [0.3, 0.4) is 0 Å². The molecule has 0 atom stereocenters. The number of aromatic nitrogens is 1. The molecule has 0 unspecified atom stereocenters. The summed E-state index contributed by atoms with van der Waals surface area (Å²) in [6.45, 7) is 0. The SMILES string of the molecule is O=C1c2ccccc2-c2nc3ccc(Cl)cc3c(Cl)c21. The predicted molar refractivity (Wildman–Crippen MR) is 80.6 cm³/mol. The van der Waals surface area contributed by atoms with Crippen molar-refractivity contribution in [2.75, 3.05) is 0 Å². The van der Waals surface area contributed by atoms with E-state index in [4.69, 9.17) is 23.2 Å². The molecule has 0 amide bonds. The molecular formula is C16H7Cl2NO. The Bertz CT molecular complexity index is 902. The molecule has 3 aromatic rings. The van der Waals surface area contributed by atoms with E-state index >= 15 is 0 Å². The van der Waals surface area contributed by atoms with Crippen LogP contribution in [0.25, 0.3) is 22.2 Å². The zero-order valence-corrected chi connectivity index (χ0v) is 11.7. The number of rotatable bonds is 0. The van der Waals surface area contributed by atoms with Crippen LogP contribution in [0, 0.1) is 0 Å². The molecule has 2 nitrogen and oxygen atoms in total. The summed E-state index contributed by atoms with van der Waals surface area (Å²) in [6.07, 6.45) is 0. The first-order valence-corrected chi connectivity index (χ1v) is 6.85. The van der Waals surface area contributed by atoms with E-state index in [9.17, 15) is 4.79 Å². The van der Waals surface area contributed by atoms with Crippen molar-refractivity contribution in [2.24, 2.45) is 0 Å². The highest BCUT2D eigenvalue weighted by atomic mass is 35.5. The van der Waals surface area contributed by atoms with Gasteiger partial charge in [-0.1, -0.05) is 47.5 Å². The van der Waals surface area contributed by atoms with Crippen molar-refractivity contribution in [2.45, 2.75) is 0 Å². The number of halogens is 2. The maximum atomic E-state index is 12.5. The molecule has 4 heteroatoms. The number of benzene rings is 2. The van der Waals surface area contributed by atoms with Crippen molar-refractivity contribution >= 4 is 39.9 Å². The summed E-state index contributed by atoms with van der Waals surface area (Å²) >= 11 is 12.4. The molecule has 1 heterocycles. The second kappa shape index (κ2) is 4.05. The van der Waals surface area contributed by atoms with Gasteiger partial charge in [-0.25, -0.2) is 4.98 Å². The molecule has 96 valence electrons. The van der Waals surface area contributed by atoms with Gasteiger partial charge < -0.3 is 0 Å². The number of carbonyl (C=O) groups excluding carboxylic acids is 1. The fraction of sp³-hybridized carbons (Fsp3) is 0. The van der Waals surface area contributed by atoms with Gasteiger partial charge in [0.1, 0.15) is 0 Å². The average Bonchev–Trinajstić information content (AvgIpc) is 2.74. The van der Waals surface area contributed by atoms with Gasteiger partial charge in [0.2, 0.25) is 0 Å². The van der Waals surface area contributed by atoms with Crippen molar-refractivity contribution in [1.82, 2.24) is 4.98 Å². The fourth-order valence-electron chi connectivity index (χ4n) is 2.62. The molecule has 0 radical (unpaired) electrons. The number of nitrogens with zero attached hydrogens (tertiary/aromatic N) is 1. The molecule has 1 aromatic heterocycles. The Balaban J connectivity index is 2.17. The molecule has 1 aliphatic rings. The first-order valence-electron chi connectivity index (χ1n) is 6.09. The van der Waals surface area contributed by atoms with E-state index in [0.717, 1.165) is 11.1 Å². The Morgan fingerprint density at radius 2 is 1.70 bits per heavy atom. The molecule has 20 heavy (non-hydrogen) atoms. The summed E-state index contributed by atoms with van der Waals surface area (Å²) in [7, 11) is 0. The fourth-order valence-corrected chi connectivity index (χ4v) is 3.12. The molecular weight excluding hydrogens is 293 g/mol. The van der Waals surface area contributed by atoms with E-state index < -0.39 is 0 Å². The smallest absolute Gasteiger partial charge is 0.197 e. The Hall–Kier alpha value is -1.90. The first kappa shape index (κ1) is 11.9. The minimum atomic E-state index is -0.0741. The molecule has 0 saturated carbocycles. The Morgan fingerprint density at radius 1 is 0.950 bits per heavy atom. The van der Waals surface area contributed by atoms with Gasteiger partial charge in [-0.05, 0) is 18.2 Å². The Kier molecular flexibility index (Phi) is 2.40. The number of pyridine rings is 1. The van der Waals surface area contributed by atoms with Crippen molar-refractivity contribution in [3.63, 3.8) is 0 Å². The summed E-state index contributed by atoms with van der Waals surface area (Å²) in [5.41, 5.74) is 3.36. The van der Waals surface area contributed by atoms with Crippen LogP contribution < -0.4 is 0 Å². The minimum Gasteiger partial charge on any atom is -0.288 e. The number of carbonyl (C=O) groups is 1. The van der Waals surface area contributed by atoms with Crippen LogP contribution >= 0.6 is 23.2 Å². The lowest BCUT2D eigenvalue weighted by Gasteiger charge is -2.06. The standard InChI is InChI=1S/C16H7Cl2NO/c17-8-5-6-12-11(7-8)14(18)13-15(19-12)9-3-1-2-4-10(9)16(13)20/h1-7H. The van der Waals surface area contributed by atoms with Gasteiger partial charge in [-0.15, -0.1) is 0 Å². The van der Waals surface area contributed by atoms with Crippen LogP contribution in [0.1, 0.15) is 15.9 Å². The van der Waals surface area contributed by atoms with Gasteiger partial charge in [0.15, 0.2) is 5.78 Å². The minimum absolute atomic E-state index is 0.0741. The molecule has 0 fully saturated rings. The van der Waals surface area contributed by atoms with E-state index in [1.165, 1.54) is 0 Å². The lowest BCUT2D eigenvalue weighted by atomic mass is 10.1. The highest BCUT2D eigenvalue weighted by molar-refractivity contribution is 6.42. The second-order valence-electron chi connectivity index (χ2n) is 4.69. The highest BCUT2D eigenvalue weighted by Gasteiger charge is 2.31. The van der Waals surface area contributed by atoms with Crippen molar-refractivity contribution < 1.29 is 4.79 Å². The zero-order chi connectivity index (χ0) is 13.9. The van der Waals surface area contributed by atoms with Crippen molar-refractivity contribution in [1.29, 1.82) is 0 Å². The Labute approximate surface area is 125 Å². The number of hydrogen-bond acceptors (Lipinski definition) is 2. The van der Waals surface area contributed by atoms with Crippen molar-refractivity contribution in [3.05, 3.63) is 63.6 Å². The van der Waals surface area contributed by atoms with Crippen LogP contribution in [0.4, 0.5) is 0 Å². The number of fused-ring (bicyclic) bond motifs is 4. The maximum absolute atomic E-state index is 12.5. The number of hydrogen-bond donors (Lipinski definition) is 0. The van der Waals surface area contributed by atoms with Crippen molar-refractivity contribution in [3.8, 4) is 11.3 Å². The zero-order valence-electron chi connectivity index (χ0n) is 10.2. The molecule has 2 aromatic carbocycles. The van der Waals surface area contributed by atoms with Crippen LogP contribution in [-0.2, 0) is 0 Å². The molecule has 0 saturated heterocycles. The van der Waals surface area contributed by atoms with E-state index in [2.05, 4.69) is 4.98 Å². The van der Waals surface area contributed by atoms with E-state index in [1.54, 1.807) is 18.2 Å². The molecule has 4 rings (SSSR count). The Morgan fingerprint density at radius 3 is 2.50 bits per heavy atom. The molecule has 0 bridgehead atoms. The van der Waals surface area contributed by atoms with E-state index in [0.29, 0.717) is 32.3 Å². The van der Waals surface area contributed by atoms with E-state index in [-0.39, 0.29) is 5.78 Å². The van der Waals surface area contributed by atoms with Gasteiger partial charge in [0, 0.05) is 21.5 Å². The number of ketones is 1. The third-order valence-corrected chi connectivity index (χ3v) is 4.17. The second-order valence-corrected chi connectivity index (χ2v) is 5.50. The van der Waals surface area contributed by atoms with Crippen LogP contribution in [0.5, 0.6) is 0 Å². The van der Waals surface area contributed by atoms with Gasteiger partial charge in [0.05, 0.1) is 21.8 Å². The van der Waals surface area contributed by atoms with Crippen LogP contribution in [-0.4, -0.2) is 10.8 Å². The van der Waals surface area contributed by atoms with Gasteiger partial charge in [-0.3, -0.25) is 4.79 Å². The summed E-state index contributed by atoms with van der Waals surface area (Å²) < 4.78 is 0. The molecule has 0 spiro atoms. The normalized spacial score (nSPS) is 12.6. The van der Waals surface area contributed by atoms with Gasteiger partial charge in [0.25, 0.3) is 0 Å². The third kappa shape index (κ3) is 1.46. The molecule has 1 aliphatic carbocycles. The third-order valence-electron chi connectivity index (χ3n) is 3.54. The lowest BCUT2D eigenvalue weighted by Crippen LogP contribution is -1.97. The topological polar surface area (TPSA) is 30.0 Å². The lowest BCUT2D eigenvalue weighted by molar-refractivity contribution is 0.104. The van der Waals surface area contributed by atoms with E-state index in [1.807, 2.05) is 24.3 Å². The summed E-state index contributed by atoms with van der Waals surface area (Å²) in [4.78, 5) is 17.1. The average molecular weight is 300 g/mol.